The van der Waals surface area contributed by atoms with Gasteiger partial charge in [0.15, 0.2) is 11.5 Å². The summed E-state index contributed by atoms with van der Waals surface area (Å²) in [6.07, 6.45) is 1.26. The second kappa shape index (κ2) is 9.41. The smallest absolute Gasteiger partial charge is 0.357 e. The summed E-state index contributed by atoms with van der Waals surface area (Å²) < 4.78 is 12.1. The highest BCUT2D eigenvalue weighted by Gasteiger charge is 2.20. The van der Waals surface area contributed by atoms with Crippen molar-refractivity contribution in [2.45, 2.75) is 13.5 Å². The number of aryl methyl sites for hydroxylation is 1. The summed E-state index contributed by atoms with van der Waals surface area (Å²) >= 11 is 12.8. The summed E-state index contributed by atoms with van der Waals surface area (Å²) in [4.78, 5) is 16.8. The average molecular weight is 481 g/mol. The zero-order valence-corrected chi connectivity index (χ0v) is 19.2. The fraction of sp³-hybridized carbons (Fsp3) is 0.125. The van der Waals surface area contributed by atoms with Gasteiger partial charge >= 0.3 is 5.97 Å². The number of hydrogen-bond acceptors (Lipinski definition) is 6. The van der Waals surface area contributed by atoms with Crippen LogP contribution in [0.4, 0.5) is 5.82 Å². The van der Waals surface area contributed by atoms with Gasteiger partial charge in [-0.15, -0.1) is 0 Å². The van der Waals surface area contributed by atoms with Gasteiger partial charge in [0.05, 0.1) is 28.3 Å². The SMILES string of the molecule is COc1cc(C)c(Cl)c(C#Cc2cc(C(=O)OCc3ccccc3)n3ncnc(N)c23)c1Cl. The molecule has 7 nitrogen and oxygen atoms in total. The maximum atomic E-state index is 12.8. The number of esters is 1. The molecule has 2 N–H and O–H groups in total. The number of benzene rings is 2. The van der Waals surface area contributed by atoms with E-state index in [9.17, 15) is 4.79 Å². The number of carbonyl (C=O) groups is 1. The van der Waals surface area contributed by atoms with Gasteiger partial charge in [-0.05, 0) is 30.2 Å². The van der Waals surface area contributed by atoms with Crippen LogP contribution in [0, 0.1) is 18.8 Å². The number of methoxy groups -OCH3 is 1. The fourth-order valence-corrected chi connectivity index (χ4v) is 3.75. The molecule has 0 unspecified atom stereocenters. The Bertz CT molecular complexity index is 1420. The van der Waals surface area contributed by atoms with E-state index in [4.69, 9.17) is 38.4 Å². The normalized spacial score (nSPS) is 10.5. The molecule has 0 saturated carbocycles. The molecule has 0 radical (unpaired) electrons. The Morgan fingerprint density at radius 3 is 2.64 bits per heavy atom. The molecule has 0 aliphatic rings. The zero-order valence-electron chi connectivity index (χ0n) is 17.7. The first-order valence-corrected chi connectivity index (χ1v) is 10.5. The summed E-state index contributed by atoms with van der Waals surface area (Å²) in [7, 11) is 1.51. The maximum Gasteiger partial charge on any atom is 0.357 e. The van der Waals surface area contributed by atoms with Crippen LogP contribution in [-0.4, -0.2) is 27.7 Å². The number of anilines is 1. The van der Waals surface area contributed by atoms with Gasteiger partial charge in [-0.2, -0.15) is 5.10 Å². The van der Waals surface area contributed by atoms with E-state index in [-0.39, 0.29) is 23.1 Å². The summed E-state index contributed by atoms with van der Waals surface area (Å²) in [5.74, 6) is 6.01. The first-order valence-electron chi connectivity index (χ1n) is 9.78. The van der Waals surface area contributed by atoms with E-state index in [1.54, 1.807) is 12.1 Å². The van der Waals surface area contributed by atoms with Crippen LogP contribution in [0.1, 0.15) is 32.7 Å². The van der Waals surface area contributed by atoms with Crippen molar-refractivity contribution in [3.05, 3.63) is 86.8 Å². The van der Waals surface area contributed by atoms with E-state index in [0.29, 0.717) is 27.4 Å². The van der Waals surface area contributed by atoms with Crippen LogP contribution >= 0.6 is 23.2 Å². The number of nitrogens with zero attached hydrogens (tertiary/aromatic N) is 3. The van der Waals surface area contributed by atoms with Gasteiger partial charge in [0.1, 0.15) is 24.2 Å². The van der Waals surface area contributed by atoms with E-state index in [2.05, 4.69) is 21.9 Å². The first-order chi connectivity index (χ1) is 15.9. The maximum absolute atomic E-state index is 12.8. The highest BCUT2D eigenvalue weighted by Crippen LogP contribution is 2.35. The third kappa shape index (κ3) is 4.44. The molecule has 0 fully saturated rings. The molecule has 0 atom stereocenters. The molecule has 0 spiro atoms. The van der Waals surface area contributed by atoms with Gasteiger partial charge in [0, 0.05) is 0 Å². The molecule has 4 aromatic rings. The van der Waals surface area contributed by atoms with Crippen LogP contribution in [0.25, 0.3) is 5.52 Å². The minimum Gasteiger partial charge on any atom is -0.495 e. The monoisotopic (exact) mass is 480 g/mol. The predicted octanol–water partition coefficient (Wildman–Crippen LogP) is 4.69. The number of fused-ring (bicyclic) bond motifs is 1. The summed E-state index contributed by atoms with van der Waals surface area (Å²) in [6.45, 7) is 1.94. The minimum absolute atomic E-state index is 0.114. The minimum atomic E-state index is -0.576. The number of nitrogens with two attached hydrogens (primary N) is 1. The lowest BCUT2D eigenvalue weighted by Crippen LogP contribution is -2.10. The Labute approximate surface area is 200 Å². The van der Waals surface area contributed by atoms with Crippen molar-refractivity contribution in [2.75, 3.05) is 12.8 Å². The molecule has 9 heteroatoms. The average Bonchev–Trinajstić information content (AvgIpc) is 3.20. The van der Waals surface area contributed by atoms with Gasteiger partial charge < -0.3 is 15.2 Å². The Balaban J connectivity index is 1.76. The number of carbonyl (C=O) groups excluding carboxylic acids is 1. The van der Waals surface area contributed by atoms with Gasteiger partial charge in [0.25, 0.3) is 0 Å². The van der Waals surface area contributed by atoms with Crippen molar-refractivity contribution in [2.24, 2.45) is 0 Å². The Morgan fingerprint density at radius 1 is 1.15 bits per heavy atom. The van der Waals surface area contributed by atoms with Gasteiger partial charge in [-0.1, -0.05) is 65.4 Å². The number of hydrogen-bond donors (Lipinski definition) is 1. The summed E-state index contributed by atoms with van der Waals surface area (Å²) in [5, 5.41) is 4.85. The van der Waals surface area contributed by atoms with Crippen LogP contribution in [0.3, 0.4) is 0 Å². The van der Waals surface area contributed by atoms with E-state index in [1.807, 2.05) is 37.3 Å². The molecule has 0 amide bonds. The Hall–Kier alpha value is -3.73. The van der Waals surface area contributed by atoms with Crippen molar-refractivity contribution >= 4 is 40.5 Å². The number of ether oxygens (including phenoxy) is 2. The van der Waals surface area contributed by atoms with E-state index >= 15 is 0 Å². The molecule has 166 valence electrons. The highest BCUT2D eigenvalue weighted by molar-refractivity contribution is 6.38. The zero-order chi connectivity index (χ0) is 23.5. The van der Waals surface area contributed by atoms with Crippen molar-refractivity contribution in [3.63, 3.8) is 0 Å². The topological polar surface area (TPSA) is 91.7 Å². The Morgan fingerprint density at radius 2 is 1.91 bits per heavy atom. The van der Waals surface area contributed by atoms with E-state index in [1.165, 1.54) is 18.0 Å². The van der Waals surface area contributed by atoms with Crippen LogP contribution in [-0.2, 0) is 11.3 Å². The second-order valence-electron chi connectivity index (χ2n) is 7.06. The standard InChI is InChI=1S/C24H18Cl2N4O3/c1-14-10-19(32-2)21(26)17(20(14)25)9-8-16-11-18(30-22(16)23(27)28-13-29-30)24(31)33-12-15-6-4-3-5-7-15/h3-7,10-11,13H,12H2,1-2H3,(H2,27,28,29). The van der Waals surface area contributed by atoms with Crippen LogP contribution in [0.15, 0.2) is 48.8 Å². The summed E-state index contributed by atoms with van der Waals surface area (Å²) in [5.41, 5.74) is 9.06. The molecule has 0 aliphatic heterocycles. The number of aromatic nitrogens is 3. The number of halogens is 2. The van der Waals surface area contributed by atoms with E-state index in [0.717, 1.165) is 11.1 Å². The van der Waals surface area contributed by atoms with Crippen molar-refractivity contribution < 1.29 is 14.3 Å². The predicted molar refractivity (Wildman–Crippen MR) is 127 cm³/mol. The molecule has 0 saturated heterocycles. The van der Waals surface area contributed by atoms with Crippen LogP contribution < -0.4 is 10.5 Å². The largest absolute Gasteiger partial charge is 0.495 e. The van der Waals surface area contributed by atoms with Crippen molar-refractivity contribution in [1.29, 1.82) is 0 Å². The van der Waals surface area contributed by atoms with Crippen molar-refractivity contribution in [1.82, 2.24) is 14.6 Å². The molecular weight excluding hydrogens is 463 g/mol. The lowest BCUT2D eigenvalue weighted by atomic mass is 10.1. The number of nitrogen functional groups attached to an aromatic ring is 1. The molecule has 0 bridgehead atoms. The third-order valence-electron chi connectivity index (χ3n) is 4.90. The lowest BCUT2D eigenvalue weighted by Gasteiger charge is -2.09. The molecule has 2 aromatic heterocycles. The Kier molecular flexibility index (Phi) is 6.40. The fourth-order valence-electron chi connectivity index (χ4n) is 3.23. The quantitative estimate of drug-likeness (QED) is 0.336. The van der Waals surface area contributed by atoms with Crippen LogP contribution in [0.2, 0.25) is 10.0 Å². The lowest BCUT2D eigenvalue weighted by molar-refractivity contribution is 0.0463. The third-order valence-corrected chi connectivity index (χ3v) is 5.76. The highest BCUT2D eigenvalue weighted by atomic mass is 35.5. The van der Waals surface area contributed by atoms with Crippen molar-refractivity contribution in [3.8, 4) is 17.6 Å². The molecular formula is C24H18Cl2N4O3. The molecule has 2 aromatic carbocycles. The first kappa shape index (κ1) is 22.5. The van der Waals surface area contributed by atoms with E-state index < -0.39 is 5.97 Å². The molecule has 2 heterocycles. The molecule has 0 aliphatic carbocycles. The summed E-state index contributed by atoms with van der Waals surface area (Å²) in [6, 6.07) is 12.6. The van der Waals surface area contributed by atoms with Gasteiger partial charge in [0.2, 0.25) is 0 Å². The van der Waals surface area contributed by atoms with Gasteiger partial charge in [-0.25, -0.2) is 14.3 Å². The van der Waals surface area contributed by atoms with Crippen LogP contribution in [0.5, 0.6) is 5.75 Å². The molecule has 4 rings (SSSR count). The van der Waals surface area contributed by atoms with Gasteiger partial charge in [-0.3, -0.25) is 0 Å². The second-order valence-corrected chi connectivity index (χ2v) is 7.82. The number of rotatable bonds is 4. The molecule has 33 heavy (non-hydrogen) atoms.